The molecule has 0 saturated carbocycles. The zero-order chi connectivity index (χ0) is 21.2. The van der Waals surface area contributed by atoms with Crippen molar-refractivity contribution in [2.75, 3.05) is 58.5 Å². The molecule has 0 bridgehead atoms. The molecule has 0 aliphatic carbocycles. The van der Waals surface area contributed by atoms with E-state index < -0.39 is 0 Å². The summed E-state index contributed by atoms with van der Waals surface area (Å²) in [5.74, 6) is 2.65. The molecular formula is C25H32N4O2. The molecular weight excluding hydrogens is 388 g/mol. The summed E-state index contributed by atoms with van der Waals surface area (Å²) >= 11 is 0. The predicted octanol–water partition coefficient (Wildman–Crippen LogP) is 3.89. The maximum Gasteiger partial charge on any atom is 0.138 e. The zero-order valence-electron chi connectivity index (χ0n) is 18.6. The van der Waals surface area contributed by atoms with Gasteiger partial charge >= 0.3 is 0 Å². The smallest absolute Gasteiger partial charge is 0.138 e. The van der Waals surface area contributed by atoms with Gasteiger partial charge in [0.25, 0.3) is 0 Å². The Labute approximate surface area is 184 Å². The molecule has 3 aromatic rings. The van der Waals surface area contributed by atoms with Crippen LogP contribution in [0.1, 0.15) is 12.8 Å². The van der Waals surface area contributed by atoms with Crippen molar-refractivity contribution in [3.05, 3.63) is 42.6 Å². The van der Waals surface area contributed by atoms with Gasteiger partial charge in [-0.3, -0.25) is 0 Å². The van der Waals surface area contributed by atoms with Gasteiger partial charge in [0.05, 0.1) is 31.5 Å². The highest BCUT2D eigenvalue weighted by molar-refractivity contribution is 5.93. The van der Waals surface area contributed by atoms with Crippen LogP contribution in [-0.4, -0.2) is 68.0 Å². The summed E-state index contributed by atoms with van der Waals surface area (Å²) in [6.07, 6.45) is 4.78. The lowest BCUT2D eigenvalue weighted by molar-refractivity contribution is 0.122. The van der Waals surface area contributed by atoms with Crippen molar-refractivity contribution in [1.82, 2.24) is 14.5 Å². The zero-order valence-corrected chi connectivity index (χ0v) is 18.6. The third-order valence-corrected chi connectivity index (χ3v) is 6.72. The number of aromatic nitrogens is 2. The van der Waals surface area contributed by atoms with E-state index in [-0.39, 0.29) is 0 Å². The van der Waals surface area contributed by atoms with Crippen LogP contribution in [0.15, 0.2) is 42.6 Å². The molecule has 2 fully saturated rings. The normalized spacial score (nSPS) is 18.6. The van der Waals surface area contributed by atoms with Crippen LogP contribution in [0.5, 0.6) is 5.75 Å². The maximum absolute atomic E-state index is 5.60. The molecule has 0 spiro atoms. The van der Waals surface area contributed by atoms with E-state index in [0.717, 1.165) is 61.6 Å². The predicted molar refractivity (Wildman–Crippen MR) is 125 cm³/mol. The minimum absolute atomic E-state index is 0.729. The first kappa shape index (κ1) is 20.3. The van der Waals surface area contributed by atoms with Gasteiger partial charge in [-0.15, -0.1) is 0 Å². The Hall–Kier alpha value is -2.57. The highest BCUT2D eigenvalue weighted by atomic mass is 16.5. The third kappa shape index (κ3) is 4.27. The molecule has 2 aliphatic heterocycles. The van der Waals surface area contributed by atoms with E-state index in [1.54, 1.807) is 7.11 Å². The number of hydrogen-bond donors (Lipinski definition) is 0. The maximum atomic E-state index is 5.60. The minimum atomic E-state index is 0.729. The average molecular weight is 421 g/mol. The number of likely N-dealkylation sites (tertiary alicyclic amines) is 1. The first-order valence-electron chi connectivity index (χ1n) is 11.4. The monoisotopic (exact) mass is 420 g/mol. The van der Waals surface area contributed by atoms with Crippen LogP contribution in [0.3, 0.4) is 0 Å². The quantitative estimate of drug-likeness (QED) is 0.627. The van der Waals surface area contributed by atoms with Gasteiger partial charge in [0.2, 0.25) is 0 Å². The van der Waals surface area contributed by atoms with E-state index >= 15 is 0 Å². The fourth-order valence-corrected chi connectivity index (χ4v) is 4.80. The summed E-state index contributed by atoms with van der Waals surface area (Å²) in [7, 11) is 3.93. The summed E-state index contributed by atoms with van der Waals surface area (Å²) in [6.45, 7) is 6.72. The second kappa shape index (κ2) is 8.89. The Kier molecular flexibility index (Phi) is 5.83. The van der Waals surface area contributed by atoms with Gasteiger partial charge in [-0.25, -0.2) is 4.98 Å². The third-order valence-electron chi connectivity index (χ3n) is 6.72. The number of pyridine rings is 1. The molecule has 164 valence electrons. The van der Waals surface area contributed by atoms with Crippen molar-refractivity contribution >= 4 is 16.7 Å². The van der Waals surface area contributed by atoms with Gasteiger partial charge in [-0.2, -0.15) is 0 Å². The van der Waals surface area contributed by atoms with E-state index in [9.17, 15) is 0 Å². The van der Waals surface area contributed by atoms with Crippen molar-refractivity contribution in [3.63, 3.8) is 0 Å². The van der Waals surface area contributed by atoms with Crippen molar-refractivity contribution < 1.29 is 9.47 Å². The van der Waals surface area contributed by atoms with Crippen molar-refractivity contribution in [3.8, 4) is 17.0 Å². The second-order valence-corrected chi connectivity index (χ2v) is 8.81. The molecule has 1 aromatic carbocycles. The number of morpholine rings is 1. The number of rotatable bonds is 5. The molecule has 2 saturated heterocycles. The number of anilines is 1. The summed E-state index contributed by atoms with van der Waals surface area (Å²) in [5.41, 5.74) is 3.35. The van der Waals surface area contributed by atoms with Crippen LogP contribution in [0.2, 0.25) is 0 Å². The van der Waals surface area contributed by atoms with Crippen LogP contribution in [-0.2, 0) is 11.3 Å². The van der Waals surface area contributed by atoms with E-state index in [4.69, 9.17) is 14.5 Å². The minimum Gasteiger partial charge on any atom is -0.497 e. The second-order valence-electron chi connectivity index (χ2n) is 8.81. The molecule has 0 radical (unpaired) electrons. The van der Waals surface area contributed by atoms with E-state index in [0.29, 0.717) is 0 Å². The molecule has 2 aromatic heterocycles. The Bertz CT molecular complexity index is 1030. The molecule has 2 aliphatic rings. The molecule has 31 heavy (non-hydrogen) atoms. The number of nitrogens with zero attached hydrogens (tertiary/aromatic N) is 4. The standard InChI is InChI=1S/C25H32N4O2/c1-27-9-6-19(7-10-27)18-29-11-8-22-24(29)17-23(20-4-3-5-21(16-20)30-2)26-25(22)28-12-14-31-15-13-28/h3-5,8,11,16-17,19H,6-7,9-10,12-15,18H2,1-2H3. The summed E-state index contributed by atoms with van der Waals surface area (Å²) < 4.78 is 13.5. The molecule has 6 heteroatoms. The Morgan fingerprint density at radius 3 is 2.65 bits per heavy atom. The fourth-order valence-electron chi connectivity index (χ4n) is 4.80. The Morgan fingerprint density at radius 2 is 1.87 bits per heavy atom. The van der Waals surface area contributed by atoms with E-state index in [2.05, 4.69) is 51.9 Å². The molecule has 5 rings (SSSR count). The first-order valence-corrected chi connectivity index (χ1v) is 11.4. The lowest BCUT2D eigenvalue weighted by Crippen LogP contribution is -2.36. The Balaban J connectivity index is 1.56. The van der Waals surface area contributed by atoms with Crippen LogP contribution in [0, 0.1) is 5.92 Å². The lowest BCUT2D eigenvalue weighted by Gasteiger charge is -2.30. The van der Waals surface area contributed by atoms with Gasteiger partial charge in [0.15, 0.2) is 0 Å². The SMILES string of the molecule is COc1cccc(-c2cc3c(ccn3CC3CCN(C)CC3)c(N3CCOCC3)n2)c1. The fraction of sp³-hybridized carbons (Fsp3) is 0.480. The topological polar surface area (TPSA) is 42.8 Å². The molecule has 4 heterocycles. The molecule has 6 nitrogen and oxygen atoms in total. The first-order chi connectivity index (χ1) is 15.2. The highest BCUT2D eigenvalue weighted by Crippen LogP contribution is 2.33. The number of hydrogen-bond acceptors (Lipinski definition) is 5. The summed E-state index contributed by atoms with van der Waals surface area (Å²) in [6, 6.07) is 12.7. The van der Waals surface area contributed by atoms with Gasteiger partial charge in [-0.05, 0) is 63.2 Å². The van der Waals surface area contributed by atoms with Crippen molar-refractivity contribution in [2.45, 2.75) is 19.4 Å². The molecule has 0 unspecified atom stereocenters. The highest BCUT2D eigenvalue weighted by Gasteiger charge is 2.21. The largest absolute Gasteiger partial charge is 0.497 e. The number of benzene rings is 1. The van der Waals surface area contributed by atoms with Crippen LogP contribution >= 0.6 is 0 Å². The summed E-state index contributed by atoms with van der Waals surface area (Å²) in [4.78, 5) is 9.94. The van der Waals surface area contributed by atoms with E-state index in [1.165, 1.54) is 36.8 Å². The van der Waals surface area contributed by atoms with Crippen LogP contribution in [0.25, 0.3) is 22.2 Å². The van der Waals surface area contributed by atoms with Gasteiger partial charge in [0.1, 0.15) is 11.6 Å². The lowest BCUT2D eigenvalue weighted by atomic mass is 9.97. The Morgan fingerprint density at radius 1 is 1.06 bits per heavy atom. The van der Waals surface area contributed by atoms with Crippen LogP contribution < -0.4 is 9.64 Å². The molecule has 0 atom stereocenters. The van der Waals surface area contributed by atoms with Crippen LogP contribution in [0.4, 0.5) is 5.82 Å². The number of piperidine rings is 1. The van der Waals surface area contributed by atoms with Gasteiger partial charge in [0, 0.05) is 36.8 Å². The summed E-state index contributed by atoms with van der Waals surface area (Å²) in [5, 5.41) is 1.24. The van der Waals surface area contributed by atoms with Crippen molar-refractivity contribution in [2.24, 2.45) is 5.92 Å². The van der Waals surface area contributed by atoms with Gasteiger partial charge in [-0.1, -0.05) is 12.1 Å². The van der Waals surface area contributed by atoms with Crippen molar-refractivity contribution in [1.29, 1.82) is 0 Å². The van der Waals surface area contributed by atoms with Gasteiger partial charge < -0.3 is 23.8 Å². The number of ether oxygens (including phenoxy) is 2. The number of methoxy groups -OCH3 is 1. The number of fused-ring (bicyclic) bond motifs is 1. The average Bonchev–Trinajstić information content (AvgIpc) is 3.23. The molecule has 0 N–H and O–H groups in total. The molecule has 0 amide bonds. The van der Waals surface area contributed by atoms with E-state index in [1.807, 2.05) is 12.1 Å².